The summed E-state index contributed by atoms with van der Waals surface area (Å²) in [6, 6.07) is 0. The van der Waals surface area contributed by atoms with Gasteiger partial charge in [-0.25, -0.2) is 0 Å². The Balaban J connectivity index is 1.98. The lowest BCUT2D eigenvalue weighted by molar-refractivity contribution is -0.111. The maximum absolute atomic E-state index is 10.7. The van der Waals surface area contributed by atoms with Crippen LogP contribution in [0.3, 0.4) is 0 Å². The second-order valence-electron chi connectivity index (χ2n) is 3.54. The zero-order valence-electron chi connectivity index (χ0n) is 7.55. The first-order valence-electron chi connectivity index (χ1n) is 4.48. The summed E-state index contributed by atoms with van der Waals surface area (Å²) in [6.45, 7) is 0. The number of hydrogen-bond donors (Lipinski definition) is 0. The summed E-state index contributed by atoms with van der Waals surface area (Å²) >= 11 is 0. The third kappa shape index (κ3) is 1.91. The molecule has 70 valence electrons. The van der Waals surface area contributed by atoms with E-state index in [0.29, 0.717) is 18.2 Å². The van der Waals surface area contributed by atoms with Gasteiger partial charge in [-0.2, -0.15) is 4.80 Å². The van der Waals surface area contributed by atoms with E-state index in [-0.39, 0.29) is 5.92 Å². The average molecular weight is 180 g/mol. The normalized spacial score (nSPS) is 18.5. The topological polar surface area (TPSA) is 60.7 Å². The Morgan fingerprint density at radius 3 is 2.92 bits per heavy atom. The Morgan fingerprint density at radius 1 is 1.69 bits per heavy atom. The number of carbonyl (C=O) groups is 1. The highest BCUT2D eigenvalue weighted by molar-refractivity contribution is 5.55. The molecule has 0 aliphatic heterocycles. The van der Waals surface area contributed by atoms with E-state index in [1.54, 1.807) is 7.05 Å². The van der Waals surface area contributed by atoms with Gasteiger partial charge in [0.25, 0.3) is 0 Å². The van der Waals surface area contributed by atoms with Crippen molar-refractivity contribution in [2.75, 3.05) is 0 Å². The first-order valence-corrected chi connectivity index (χ1v) is 4.48. The number of aldehydes is 1. The van der Waals surface area contributed by atoms with Crippen LogP contribution in [0.1, 0.15) is 18.7 Å². The van der Waals surface area contributed by atoms with E-state index in [1.807, 2.05) is 0 Å². The molecule has 1 aromatic rings. The van der Waals surface area contributed by atoms with E-state index >= 15 is 0 Å². The maximum atomic E-state index is 10.7. The van der Waals surface area contributed by atoms with Crippen molar-refractivity contribution >= 4 is 6.29 Å². The minimum absolute atomic E-state index is 0.101. The number of aromatic nitrogens is 4. The van der Waals surface area contributed by atoms with Gasteiger partial charge in [0.2, 0.25) is 0 Å². The Kier molecular flexibility index (Phi) is 2.08. The van der Waals surface area contributed by atoms with Crippen LogP contribution in [-0.4, -0.2) is 26.5 Å². The van der Waals surface area contributed by atoms with Gasteiger partial charge in [0, 0.05) is 12.3 Å². The summed E-state index contributed by atoms with van der Waals surface area (Å²) < 4.78 is 0. The highest BCUT2D eigenvalue weighted by Gasteiger charge is 2.31. The lowest BCUT2D eigenvalue weighted by Gasteiger charge is -2.03. The molecule has 0 amide bonds. The zero-order chi connectivity index (χ0) is 9.26. The number of aryl methyl sites for hydroxylation is 1. The van der Waals surface area contributed by atoms with Crippen LogP contribution in [0.5, 0.6) is 0 Å². The SMILES string of the molecule is Cn1nnc(CC(C=O)C2CC2)n1. The summed E-state index contributed by atoms with van der Waals surface area (Å²) in [5, 5.41) is 11.6. The third-order valence-corrected chi connectivity index (χ3v) is 2.37. The molecule has 1 aliphatic carbocycles. The fraction of sp³-hybridized carbons (Fsp3) is 0.750. The molecular weight excluding hydrogens is 168 g/mol. The van der Waals surface area contributed by atoms with Crippen molar-refractivity contribution in [3.05, 3.63) is 5.82 Å². The number of carbonyl (C=O) groups excluding carboxylic acids is 1. The molecular formula is C8H12N4O. The van der Waals surface area contributed by atoms with Crippen LogP contribution in [0, 0.1) is 11.8 Å². The van der Waals surface area contributed by atoms with Crippen LogP contribution < -0.4 is 0 Å². The van der Waals surface area contributed by atoms with E-state index in [2.05, 4.69) is 15.4 Å². The average Bonchev–Trinajstić information content (AvgIpc) is 2.87. The van der Waals surface area contributed by atoms with Crippen LogP contribution in [-0.2, 0) is 18.3 Å². The van der Waals surface area contributed by atoms with Gasteiger partial charge in [0.1, 0.15) is 6.29 Å². The van der Waals surface area contributed by atoms with Crippen molar-refractivity contribution < 1.29 is 4.79 Å². The lowest BCUT2D eigenvalue weighted by atomic mass is 10.0. The van der Waals surface area contributed by atoms with Crippen LogP contribution in [0.15, 0.2) is 0 Å². The first kappa shape index (κ1) is 8.34. The van der Waals surface area contributed by atoms with Gasteiger partial charge in [-0.1, -0.05) is 0 Å². The highest BCUT2D eigenvalue weighted by Crippen LogP contribution is 2.36. The van der Waals surface area contributed by atoms with Crippen molar-refractivity contribution in [1.29, 1.82) is 0 Å². The van der Waals surface area contributed by atoms with Gasteiger partial charge in [-0.15, -0.1) is 10.2 Å². The van der Waals surface area contributed by atoms with Gasteiger partial charge < -0.3 is 4.79 Å². The van der Waals surface area contributed by atoms with Gasteiger partial charge in [0.15, 0.2) is 5.82 Å². The number of hydrogen-bond acceptors (Lipinski definition) is 4. The molecule has 2 rings (SSSR count). The Bertz CT molecular complexity index is 305. The maximum Gasteiger partial charge on any atom is 0.175 e. The number of rotatable bonds is 4. The monoisotopic (exact) mass is 180 g/mol. The fourth-order valence-corrected chi connectivity index (χ4v) is 1.47. The molecule has 1 unspecified atom stereocenters. The Morgan fingerprint density at radius 2 is 2.46 bits per heavy atom. The first-order chi connectivity index (χ1) is 6.29. The molecule has 0 aromatic carbocycles. The van der Waals surface area contributed by atoms with Gasteiger partial charge >= 0.3 is 0 Å². The summed E-state index contributed by atoms with van der Waals surface area (Å²) in [6.07, 6.45) is 4.00. The van der Waals surface area contributed by atoms with Gasteiger partial charge in [0.05, 0.1) is 7.05 Å². The molecule has 5 nitrogen and oxygen atoms in total. The minimum atomic E-state index is 0.101. The largest absolute Gasteiger partial charge is 0.303 e. The summed E-state index contributed by atoms with van der Waals surface area (Å²) in [5.74, 6) is 1.34. The molecule has 1 aliphatic rings. The molecule has 0 bridgehead atoms. The summed E-state index contributed by atoms with van der Waals surface area (Å²) in [5.41, 5.74) is 0. The van der Waals surface area contributed by atoms with E-state index < -0.39 is 0 Å². The predicted octanol–water partition coefficient (Wildman–Crippen LogP) is -0.0223. The van der Waals surface area contributed by atoms with Crippen molar-refractivity contribution in [2.45, 2.75) is 19.3 Å². The molecule has 1 heterocycles. The molecule has 13 heavy (non-hydrogen) atoms. The molecule has 1 aromatic heterocycles. The van der Waals surface area contributed by atoms with Crippen molar-refractivity contribution in [2.24, 2.45) is 18.9 Å². The van der Waals surface area contributed by atoms with Crippen LogP contribution >= 0.6 is 0 Å². The lowest BCUT2D eigenvalue weighted by Crippen LogP contribution is -2.09. The number of nitrogens with zero attached hydrogens (tertiary/aromatic N) is 4. The second-order valence-corrected chi connectivity index (χ2v) is 3.54. The van der Waals surface area contributed by atoms with Crippen LogP contribution in [0.4, 0.5) is 0 Å². The van der Waals surface area contributed by atoms with Gasteiger partial charge in [-0.05, 0) is 24.0 Å². The second kappa shape index (κ2) is 3.24. The van der Waals surface area contributed by atoms with Crippen LogP contribution in [0.2, 0.25) is 0 Å². The predicted molar refractivity (Wildman–Crippen MR) is 44.8 cm³/mol. The molecule has 0 spiro atoms. The van der Waals surface area contributed by atoms with Gasteiger partial charge in [-0.3, -0.25) is 0 Å². The van der Waals surface area contributed by atoms with Crippen molar-refractivity contribution in [1.82, 2.24) is 20.2 Å². The summed E-state index contributed by atoms with van der Waals surface area (Å²) in [7, 11) is 1.73. The molecule has 0 radical (unpaired) electrons. The smallest absolute Gasteiger partial charge is 0.175 e. The van der Waals surface area contributed by atoms with E-state index in [4.69, 9.17) is 0 Å². The molecule has 5 heteroatoms. The molecule has 1 atom stereocenters. The Hall–Kier alpha value is -1.26. The van der Waals surface area contributed by atoms with E-state index in [0.717, 1.165) is 6.29 Å². The fourth-order valence-electron chi connectivity index (χ4n) is 1.47. The molecule has 0 N–H and O–H groups in total. The standard InChI is InChI=1S/C8H12N4O/c1-12-10-8(9-11-12)4-7(5-13)6-2-3-6/h5-7H,2-4H2,1H3. The molecule has 1 fully saturated rings. The Labute approximate surface area is 76.1 Å². The van der Waals surface area contributed by atoms with Crippen LogP contribution in [0.25, 0.3) is 0 Å². The van der Waals surface area contributed by atoms with E-state index in [1.165, 1.54) is 17.6 Å². The summed E-state index contributed by atoms with van der Waals surface area (Å²) in [4.78, 5) is 12.1. The van der Waals surface area contributed by atoms with Crippen molar-refractivity contribution in [3.8, 4) is 0 Å². The number of tetrazole rings is 1. The molecule has 0 saturated heterocycles. The zero-order valence-corrected chi connectivity index (χ0v) is 7.55. The minimum Gasteiger partial charge on any atom is -0.303 e. The molecule has 1 saturated carbocycles. The highest BCUT2D eigenvalue weighted by atomic mass is 16.1. The van der Waals surface area contributed by atoms with Crippen molar-refractivity contribution in [3.63, 3.8) is 0 Å². The van der Waals surface area contributed by atoms with E-state index in [9.17, 15) is 4.79 Å². The third-order valence-electron chi connectivity index (χ3n) is 2.37. The quantitative estimate of drug-likeness (QED) is 0.611.